The summed E-state index contributed by atoms with van der Waals surface area (Å²) in [4.78, 5) is 23.8. The van der Waals surface area contributed by atoms with E-state index in [0.29, 0.717) is 123 Å². The van der Waals surface area contributed by atoms with Crippen LogP contribution in [-0.2, 0) is 101 Å². The molecule has 0 spiro atoms. The van der Waals surface area contributed by atoms with Crippen LogP contribution in [0, 0.1) is 5.92 Å². The highest BCUT2D eigenvalue weighted by Crippen LogP contribution is 2.50. The third-order valence-electron chi connectivity index (χ3n) is 15.5. The fourth-order valence-corrected chi connectivity index (χ4v) is 21.7. The molecule has 3 amide bonds. The third kappa shape index (κ3) is 37.2. The molecule has 596 valence electrons. The summed E-state index contributed by atoms with van der Waals surface area (Å²) in [5.74, 6) is 2.83. The number of fused-ring (bicyclic) bond motifs is 1. The summed E-state index contributed by atoms with van der Waals surface area (Å²) in [5, 5.41) is 23.0. The molecule has 2 aliphatic rings. The number of thioether (sulfide) groups is 1. The van der Waals surface area contributed by atoms with Gasteiger partial charge in [0, 0.05) is 89.8 Å². The first kappa shape index (κ1) is 94.3. The van der Waals surface area contributed by atoms with Crippen LogP contribution in [0.15, 0.2) is 109 Å². The van der Waals surface area contributed by atoms with Crippen LogP contribution in [0.3, 0.4) is 0 Å². The average Bonchev–Trinajstić information content (AvgIpc) is 1.37. The van der Waals surface area contributed by atoms with E-state index in [1.807, 2.05) is 150 Å². The summed E-state index contributed by atoms with van der Waals surface area (Å²) < 4.78 is 80.3. The minimum Gasteiger partial charge on any atom is -0.497 e. The van der Waals surface area contributed by atoms with Gasteiger partial charge in [0.2, 0.25) is 5.91 Å². The third-order valence-corrected chi connectivity index (χ3v) is 25.7. The number of rotatable bonds is 48. The fraction of sp³-hybridized carbons (Fsp3) is 0.653. The van der Waals surface area contributed by atoms with Gasteiger partial charge in [-0.05, 0) is 198 Å². The van der Waals surface area contributed by atoms with Crippen LogP contribution in [0.25, 0.3) is 0 Å². The van der Waals surface area contributed by atoms with Gasteiger partial charge in [-0.25, -0.2) is 20.1 Å². The largest absolute Gasteiger partial charge is 0.497 e. The molecule has 4 aromatic carbocycles. The van der Waals surface area contributed by atoms with E-state index >= 15 is 0 Å². The van der Waals surface area contributed by atoms with Gasteiger partial charge in [0.1, 0.15) is 18.1 Å². The Bertz CT molecular complexity index is 3160. The van der Waals surface area contributed by atoms with Crippen LogP contribution in [0.4, 0.5) is 4.79 Å². The Morgan fingerprint density at radius 2 is 1.13 bits per heavy atom. The van der Waals surface area contributed by atoms with Gasteiger partial charge in [-0.15, -0.1) is 0 Å². The number of urea groups is 1. The van der Waals surface area contributed by atoms with Gasteiger partial charge >= 0.3 is 6.03 Å². The molecule has 0 aliphatic carbocycles. The Balaban J connectivity index is 0.000000336. The van der Waals surface area contributed by atoms with Crippen molar-refractivity contribution in [1.82, 2.24) is 36.5 Å². The van der Waals surface area contributed by atoms with Gasteiger partial charge in [-0.1, -0.05) is 91.9 Å². The predicted molar refractivity (Wildman–Crippen MR) is 435 cm³/mol. The highest BCUT2D eigenvalue weighted by Gasteiger charge is 2.43. The van der Waals surface area contributed by atoms with Crippen molar-refractivity contribution in [2.45, 2.75) is 187 Å². The maximum Gasteiger partial charge on any atom is 0.315 e. The van der Waals surface area contributed by atoms with Crippen LogP contribution >= 0.6 is 31.7 Å². The van der Waals surface area contributed by atoms with Crippen molar-refractivity contribution in [3.8, 4) is 11.5 Å². The molecular formula is C75H126N7O16P3S4. The van der Waals surface area contributed by atoms with Gasteiger partial charge in [0.05, 0.1) is 93.9 Å². The van der Waals surface area contributed by atoms with Crippen LogP contribution in [-0.4, -0.2) is 185 Å². The molecule has 0 bridgehead atoms. The van der Waals surface area contributed by atoms with Crippen molar-refractivity contribution in [2.75, 3.05) is 126 Å². The summed E-state index contributed by atoms with van der Waals surface area (Å²) in [7, 11) is 6.55. The minimum atomic E-state index is -2.67. The maximum absolute atomic E-state index is 12.3. The number of benzene rings is 4. The number of methoxy groups -OCH3 is 4. The fourth-order valence-electron chi connectivity index (χ4n) is 11.1. The monoisotopic (exact) mass is 1600 g/mol. The second kappa shape index (κ2) is 48.6. The number of ether oxygens (including phenoxy) is 8. The molecule has 0 saturated carbocycles. The van der Waals surface area contributed by atoms with Crippen molar-refractivity contribution in [1.29, 1.82) is 0 Å². The molecule has 2 saturated heterocycles. The standard InChI is InChI=1S/C31H43N2O4PS.C23H45N4O6PS2.C21H38NO6PS/c1-25(2)33-38(39,37-30(3,4)5)36-24-23-35-22-21-32-31(26-13-9-7-10-14-26,27-15-11-8-12-16-27)28-17-19-29(34-6)20-18-28;1-6-31-15-13-25-34(35,33-23(2,3)4)32-14-11-17(30-5)10-12-24-20(28)9-7-8-19-21-18(16-36-19)26-22(29)27-21;1-8-25-16-17(2)15-22-29(30,28-21(3,4)5)27-14-13-26-19-11-9-18(10-12-19)20(23-6)24-7/h7-20,25,32H,21-24H2,1-6H3,(H,33,39);17-19,21H,6-16H2,1-5H3,(H,24,28)(H,25,35)(H2,26,27,29);9-12,17,20H,8,13-16H2,1-7H3,(H,22,30). The molecule has 4 aromatic rings. The highest BCUT2D eigenvalue weighted by atomic mass is 32.5. The molecule has 7 N–H and O–H groups in total. The maximum atomic E-state index is 12.3. The summed E-state index contributed by atoms with van der Waals surface area (Å²) in [6.07, 6.45) is 3.09. The normalized spacial score (nSPS) is 17.7. The first-order valence-corrected chi connectivity index (χ1v) is 45.4. The highest BCUT2D eigenvalue weighted by molar-refractivity contribution is 8.09. The number of hydrogen-bond acceptors (Lipinski definition) is 21. The number of carbonyl (C=O) groups is 2. The Kier molecular flexibility index (Phi) is 43.6. The number of nitrogens with one attached hydrogen (secondary N) is 7. The minimum absolute atomic E-state index is 0.0433. The Hall–Kier alpha value is -3.12. The smallest absolute Gasteiger partial charge is 0.315 e. The molecule has 2 aliphatic heterocycles. The number of amides is 3. The summed E-state index contributed by atoms with van der Waals surface area (Å²) in [5.41, 5.74) is 2.50. The quantitative estimate of drug-likeness (QED) is 0.00714. The summed E-state index contributed by atoms with van der Waals surface area (Å²) >= 11 is 19.0. The SMILES string of the molecule is CCOCC(C)CNP(=S)(OCCOc1ccc(C(OC)OC)cc1)OC(C)(C)C.CCOCCNP(=S)(OCCC(CCNC(=O)CCCC1SCC2NC(=O)NC21)OC)OC(C)(C)C.COc1ccc(C(NCCOCCOP(=S)(NC(C)C)OC(C)(C)C)(c2ccccc2)c2ccccc2)cc1. The molecular weight excluding hydrogens is 1480 g/mol. The molecule has 8 unspecified atom stereocenters. The van der Waals surface area contributed by atoms with Crippen molar-refractivity contribution in [2.24, 2.45) is 5.92 Å². The van der Waals surface area contributed by atoms with E-state index in [1.165, 1.54) is 0 Å². The van der Waals surface area contributed by atoms with Crippen LogP contribution in [0.5, 0.6) is 11.5 Å². The number of carbonyl (C=O) groups excluding carboxylic acids is 2. The molecule has 0 radical (unpaired) electrons. The molecule has 2 fully saturated rings. The van der Waals surface area contributed by atoms with Gasteiger partial charge in [-0.3, -0.25) is 10.1 Å². The van der Waals surface area contributed by atoms with Gasteiger partial charge < -0.3 is 81.0 Å². The molecule has 6 rings (SSSR count). The van der Waals surface area contributed by atoms with Gasteiger partial charge in [-0.2, -0.15) is 11.8 Å². The van der Waals surface area contributed by atoms with Crippen molar-refractivity contribution >= 4 is 79.0 Å². The van der Waals surface area contributed by atoms with E-state index in [1.54, 1.807) is 28.4 Å². The van der Waals surface area contributed by atoms with E-state index < -0.39 is 48.6 Å². The second-order valence-corrected chi connectivity index (χ2v) is 39.2. The van der Waals surface area contributed by atoms with E-state index in [0.717, 1.165) is 52.3 Å². The zero-order chi connectivity index (χ0) is 77.6. The zero-order valence-electron chi connectivity index (χ0n) is 65.6. The Morgan fingerprint density at radius 3 is 1.70 bits per heavy atom. The van der Waals surface area contributed by atoms with Crippen molar-refractivity contribution in [3.63, 3.8) is 0 Å². The first-order valence-electron chi connectivity index (χ1n) is 36.4. The van der Waals surface area contributed by atoms with Crippen LogP contribution in [0.2, 0.25) is 0 Å². The lowest BCUT2D eigenvalue weighted by Gasteiger charge is -2.37. The summed E-state index contributed by atoms with van der Waals surface area (Å²) in [6, 6.07) is 37.2. The van der Waals surface area contributed by atoms with E-state index in [9.17, 15) is 9.59 Å². The average molecular weight is 1600 g/mol. The molecule has 105 heavy (non-hydrogen) atoms. The lowest BCUT2D eigenvalue weighted by Crippen LogP contribution is -2.46. The molecule has 23 nitrogen and oxygen atoms in total. The summed E-state index contributed by atoms with van der Waals surface area (Å²) in [6.45, 7) is 27.1. The van der Waals surface area contributed by atoms with Crippen LogP contribution in [0.1, 0.15) is 158 Å². The Morgan fingerprint density at radius 1 is 0.590 bits per heavy atom. The molecule has 8 atom stereocenters. The van der Waals surface area contributed by atoms with E-state index in [4.69, 9.17) is 100 Å². The first-order chi connectivity index (χ1) is 49.7. The van der Waals surface area contributed by atoms with E-state index in [-0.39, 0.29) is 36.2 Å². The van der Waals surface area contributed by atoms with E-state index in [2.05, 4.69) is 104 Å². The Labute approximate surface area is 648 Å². The van der Waals surface area contributed by atoms with Gasteiger partial charge in [0.15, 0.2) is 6.29 Å². The number of hydrogen-bond donors (Lipinski definition) is 7. The zero-order valence-corrected chi connectivity index (χ0v) is 71.5. The van der Waals surface area contributed by atoms with Crippen LogP contribution < -0.4 is 46.0 Å². The molecule has 2 heterocycles. The van der Waals surface area contributed by atoms with Gasteiger partial charge in [0.25, 0.3) is 19.9 Å². The lowest BCUT2D eigenvalue weighted by molar-refractivity contribution is -0.121. The van der Waals surface area contributed by atoms with Crippen molar-refractivity contribution < 1.29 is 74.6 Å². The predicted octanol–water partition coefficient (Wildman–Crippen LogP) is 14.2. The molecule has 0 aromatic heterocycles. The lowest BCUT2D eigenvalue weighted by atomic mass is 9.77. The second-order valence-electron chi connectivity index (χ2n) is 28.4. The van der Waals surface area contributed by atoms with Crippen molar-refractivity contribution in [3.05, 3.63) is 131 Å². The topological polar surface area (TPSA) is 248 Å². The molecule has 30 heteroatoms.